The van der Waals surface area contributed by atoms with Crippen LogP contribution in [0.4, 0.5) is 0 Å². The topological polar surface area (TPSA) is 85.9 Å². The molecule has 2 aromatic heterocycles. The van der Waals surface area contributed by atoms with Gasteiger partial charge in [-0.25, -0.2) is 0 Å². The van der Waals surface area contributed by atoms with Gasteiger partial charge in [0.25, 0.3) is 5.91 Å². The maximum absolute atomic E-state index is 13.9. The van der Waals surface area contributed by atoms with E-state index in [1.807, 2.05) is 55.5 Å². The fourth-order valence-electron chi connectivity index (χ4n) is 8.56. The van der Waals surface area contributed by atoms with Crippen molar-refractivity contribution >= 4 is 55.3 Å². The molecule has 0 unspecified atom stereocenters. The summed E-state index contributed by atoms with van der Waals surface area (Å²) in [5, 5.41) is 16.8. The van der Waals surface area contributed by atoms with Gasteiger partial charge in [-0.2, -0.15) is 0 Å². The largest absolute Gasteiger partial charge is 0.360 e. The zero-order valence-electron chi connectivity index (χ0n) is 24.7. The van der Waals surface area contributed by atoms with Crippen molar-refractivity contribution in [2.75, 3.05) is 14.2 Å². The van der Waals surface area contributed by atoms with Gasteiger partial charge in [-0.15, -0.1) is 0 Å². The number of hydrogen-bond donors (Lipinski definition) is 1. The molecule has 2 aliphatic heterocycles. The van der Waals surface area contributed by atoms with Crippen LogP contribution in [0.25, 0.3) is 43.6 Å². The minimum Gasteiger partial charge on any atom is -0.360 e. The van der Waals surface area contributed by atoms with Crippen LogP contribution >= 0.6 is 0 Å². The van der Waals surface area contributed by atoms with Gasteiger partial charge in [-0.05, 0) is 43.2 Å². The average molecular weight is 586 g/mol. The number of aliphatic hydroxyl groups is 1. The summed E-state index contributed by atoms with van der Waals surface area (Å²) in [6, 6.07) is 24.5. The number of aryl methyl sites for hydroxylation is 1. The van der Waals surface area contributed by atoms with Gasteiger partial charge in [0, 0.05) is 59.7 Å². The maximum atomic E-state index is 13.9. The number of aromatic nitrogens is 2. The van der Waals surface area contributed by atoms with Crippen molar-refractivity contribution < 1.29 is 24.2 Å². The molecule has 1 N–H and O–H groups in total. The van der Waals surface area contributed by atoms with Crippen molar-refractivity contribution in [3.05, 3.63) is 95.6 Å². The lowest BCUT2D eigenvalue weighted by molar-refractivity contribution is -0.390. The second-order valence-corrected chi connectivity index (χ2v) is 12.5. The number of ketones is 1. The number of rotatable bonds is 3. The summed E-state index contributed by atoms with van der Waals surface area (Å²) in [6.07, 6.45) is 0.805. The molecule has 3 aliphatic rings. The van der Waals surface area contributed by atoms with Crippen molar-refractivity contribution in [1.29, 1.82) is 0 Å². The summed E-state index contributed by atoms with van der Waals surface area (Å²) in [5.41, 5.74) is 4.53. The lowest BCUT2D eigenvalue weighted by Crippen LogP contribution is -2.70. The number of likely N-dealkylation sites (N-methyl/N-ethyl adjacent to an activating group) is 1. The van der Waals surface area contributed by atoms with E-state index in [2.05, 4.69) is 27.3 Å². The summed E-state index contributed by atoms with van der Waals surface area (Å²) in [4.78, 5) is 29.2. The summed E-state index contributed by atoms with van der Waals surface area (Å²) in [6.45, 7) is 1.86. The highest BCUT2D eigenvalue weighted by atomic mass is 16.7. The Hall–Kier alpha value is -4.50. The molecule has 0 radical (unpaired) electrons. The average Bonchev–Trinajstić information content (AvgIpc) is 3.69. The van der Waals surface area contributed by atoms with Gasteiger partial charge in [-0.3, -0.25) is 9.59 Å². The molecule has 6 aromatic rings. The Balaban J connectivity index is 1.45. The molecule has 0 spiro atoms. The Morgan fingerprint density at radius 3 is 2.32 bits per heavy atom. The molecule has 1 aliphatic carbocycles. The summed E-state index contributed by atoms with van der Waals surface area (Å²) >= 11 is 0. The Morgan fingerprint density at radius 2 is 1.59 bits per heavy atom. The first kappa shape index (κ1) is 25.9. The van der Waals surface area contributed by atoms with E-state index in [0.717, 1.165) is 54.7 Å². The molecule has 8 nitrogen and oxygen atoms in total. The van der Waals surface area contributed by atoms with E-state index in [4.69, 9.17) is 9.47 Å². The van der Waals surface area contributed by atoms with Crippen molar-refractivity contribution in [3.63, 3.8) is 0 Å². The molecule has 4 atom stereocenters. The number of benzene rings is 4. The van der Waals surface area contributed by atoms with Crippen LogP contribution in [0.2, 0.25) is 0 Å². The van der Waals surface area contributed by atoms with Crippen LogP contribution in [0.5, 0.6) is 0 Å². The maximum Gasteiger partial charge on any atom is 0.254 e. The number of amides is 1. The summed E-state index contributed by atoms with van der Waals surface area (Å²) in [7, 11) is 3.20. The number of fused-ring (bicyclic) bond motifs is 13. The second kappa shape index (κ2) is 8.57. The Kier molecular flexibility index (Phi) is 5.05. The first-order valence-corrected chi connectivity index (χ1v) is 15.1. The highest BCUT2D eigenvalue weighted by molar-refractivity contribution is 6.31. The molecule has 4 aromatic carbocycles. The zero-order chi connectivity index (χ0) is 30.1. The highest BCUT2D eigenvalue weighted by Gasteiger charge is 2.64. The van der Waals surface area contributed by atoms with Crippen LogP contribution in [-0.2, 0) is 21.6 Å². The minimum atomic E-state index is -1.95. The molecular weight excluding hydrogens is 554 g/mol. The molecule has 9 rings (SSSR count). The van der Waals surface area contributed by atoms with Crippen LogP contribution in [0.1, 0.15) is 52.3 Å². The van der Waals surface area contributed by atoms with Crippen LogP contribution in [0.3, 0.4) is 0 Å². The molecule has 8 heteroatoms. The number of ether oxygens (including phenoxy) is 2. The number of carbonyl (C=O) groups is 2. The molecule has 220 valence electrons. The first-order chi connectivity index (χ1) is 21.3. The monoisotopic (exact) mass is 585 g/mol. The molecule has 1 saturated heterocycles. The predicted octanol–water partition coefficient (Wildman–Crippen LogP) is 6.11. The van der Waals surface area contributed by atoms with Gasteiger partial charge < -0.3 is 28.6 Å². The van der Waals surface area contributed by atoms with Gasteiger partial charge >= 0.3 is 0 Å². The van der Waals surface area contributed by atoms with Crippen molar-refractivity contribution in [1.82, 2.24) is 14.0 Å². The van der Waals surface area contributed by atoms with E-state index in [0.29, 0.717) is 18.4 Å². The van der Waals surface area contributed by atoms with E-state index >= 15 is 0 Å². The molecule has 4 heterocycles. The third-order valence-electron chi connectivity index (χ3n) is 10.5. The number of nitrogens with zero attached hydrogens (tertiary/aromatic N) is 3. The number of para-hydroxylation sites is 2. The van der Waals surface area contributed by atoms with Gasteiger partial charge in [0.05, 0.1) is 28.1 Å². The molecule has 44 heavy (non-hydrogen) atoms. The van der Waals surface area contributed by atoms with Crippen molar-refractivity contribution in [2.45, 2.75) is 50.0 Å². The quantitative estimate of drug-likeness (QED) is 0.253. The van der Waals surface area contributed by atoms with Gasteiger partial charge in [0.1, 0.15) is 6.23 Å². The van der Waals surface area contributed by atoms with Crippen molar-refractivity contribution in [2.24, 2.45) is 0 Å². The Labute approximate surface area is 253 Å². The lowest BCUT2D eigenvalue weighted by atomic mass is 9.87. The third-order valence-corrected chi connectivity index (χ3v) is 10.5. The number of methoxy groups -OCH3 is 1. The van der Waals surface area contributed by atoms with Crippen LogP contribution in [0, 0.1) is 0 Å². The molecule has 1 fully saturated rings. The smallest absolute Gasteiger partial charge is 0.254 e. The van der Waals surface area contributed by atoms with E-state index in [-0.39, 0.29) is 18.1 Å². The molecular formula is C36H31N3O5. The molecule has 0 saturated carbocycles. The standard InChI is InChI=1S/C36H31N3O5/c1-35-36(42,43-3)27(37(2)34(41)20-11-5-4-6-12-20)19-28(44-35)38-24-15-9-7-13-21(24)31-30-23(17-18-26(30)40)29-22-14-8-10-16-25(22)39(35)33(29)32(31)38/h4-16,27-28,42H,17-19H2,1-3H3/t27-,28-,35+,36-/m1/s1. The molecule has 1 amide bonds. The normalized spacial score (nSPS) is 25.8. The highest BCUT2D eigenvalue weighted by Crippen LogP contribution is 2.57. The van der Waals surface area contributed by atoms with Crippen LogP contribution in [0.15, 0.2) is 78.9 Å². The van der Waals surface area contributed by atoms with Gasteiger partial charge in [0.15, 0.2) is 5.78 Å². The van der Waals surface area contributed by atoms with Gasteiger partial charge in [-0.1, -0.05) is 54.6 Å². The minimum absolute atomic E-state index is 0.153. The predicted molar refractivity (Wildman–Crippen MR) is 168 cm³/mol. The fraction of sp³-hybridized carbons (Fsp3) is 0.278. The van der Waals surface area contributed by atoms with E-state index < -0.39 is 23.8 Å². The van der Waals surface area contributed by atoms with Gasteiger partial charge in [0.2, 0.25) is 11.5 Å². The second-order valence-electron chi connectivity index (χ2n) is 12.5. The fourth-order valence-corrected chi connectivity index (χ4v) is 8.56. The summed E-state index contributed by atoms with van der Waals surface area (Å²) in [5.74, 6) is -2.01. The lowest BCUT2D eigenvalue weighted by Gasteiger charge is -2.55. The van der Waals surface area contributed by atoms with E-state index in [9.17, 15) is 14.7 Å². The third kappa shape index (κ3) is 2.89. The van der Waals surface area contributed by atoms with E-state index in [1.54, 1.807) is 24.1 Å². The Morgan fingerprint density at radius 1 is 0.932 bits per heavy atom. The van der Waals surface area contributed by atoms with Crippen molar-refractivity contribution in [3.8, 4) is 0 Å². The number of hydrogen-bond acceptors (Lipinski definition) is 5. The number of carbonyl (C=O) groups excluding carboxylic acids is 2. The zero-order valence-corrected chi connectivity index (χ0v) is 24.7. The SMILES string of the molecule is CO[C@]1(O)[C@H](N(C)C(=O)c2ccccc2)C[C@H]2O[C@]1(C)n1c3ccccc3c3c4c(c5c6ccccc6n2c5c31)C(=O)CC4. The molecule has 2 bridgehead atoms. The van der Waals surface area contributed by atoms with Crippen LogP contribution in [-0.4, -0.2) is 56.8 Å². The summed E-state index contributed by atoms with van der Waals surface area (Å²) < 4.78 is 17.5. The number of Topliss-reactive ketones (excluding diaryl/α,β-unsaturated/α-hetero) is 1. The first-order valence-electron chi connectivity index (χ1n) is 15.1. The van der Waals surface area contributed by atoms with E-state index in [1.165, 1.54) is 7.11 Å². The van der Waals surface area contributed by atoms with Crippen LogP contribution < -0.4 is 0 Å². The Bertz CT molecular complexity index is 2230.